The van der Waals surface area contributed by atoms with Gasteiger partial charge in [0.05, 0.1) is 42.5 Å². The van der Waals surface area contributed by atoms with E-state index in [-0.39, 0.29) is 30.6 Å². The van der Waals surface area contributed by atoms with Crippen molar-refractivity contribution in [2.75, 3.05) is 7.11 Å². The summed E-state index contributed by atoms with van der Waals surface area (Å²) in [5, 5.41) is 9.97. The number of carboxylic acids is 1. The molecule has 5 rings (SSSR count). The molecule has 0 saturated heterocycles. The van der Waals surface area contributed by atoms with Crippen LogP contribution in [0.1, 0.15) is 46.7 Å². The summed E-state index contributed by atoms with van der Waals surface area (Å²) in [6.45, 7) is 3.47. The number of imidazole rings is 1. The van der Waals surface area contributed by atoms with E-state index >= 15 is 0 Å². The van der Waals surface area contributed by atoms with Crippen molar-refractivity contribution in [2.45, 2.75) is 32.9 Å². The molecule has 7 nitrogen and oxygen atoms in total. The number of halogens is 4. The normalized spacial score (nSPS) is 11.3. The smallest absolute Gasteiger partial charge is 0.338 e. The number of carbonyl (C=O) groups excluding carboxylic acids is 1. The highest BCUT2D eigenvalue weighted by Gasteiger charge is 2.20. The summed E-state index contributed by atoms with van der Waals surface area (Å²) in [5.41, 5.74) is 3.64. The van der Waals surface area contributed by atoms with E-state index in [1.807, 2.05) is 48.5 Å². The lowest BCUT2D eigenvalue weighted by Crippen LogP contribution is -2.14. The molecule has 0 aliphatic rings. The first kappa shape index (κ1) is 34.3. The van der Waals surface area contributed by atoms with Crippen LogP contribution in [0.4, 0.5) is 8.78 Å². The minimum absolute atomic E-state index is 0.0547. The zero-order valence-corrected chi connectivity index (χ0v) is 27.7. The molecule has 4 aromatic carbocycles. The van der Waals surface area contributed by atoms with Gasteiger partial charge in [-0.15, -0.1) is 0 Å². The van der Waals surface area contributed by atoms with Crippen molar-refractivity contribution in [3.8, 4) is 28.1 Å². The van der Waals surface area contributed by atoms with Crippen molar-refractivity contribution in [1.29, 1.82) is 0 Å². The summed E-state index contributed by atoms with van der Waals surface area (Å²) >= 11 is 12.5. The summed E-state index contributed by atoms with van der Waals surface area (Å²) in [6.07, 6.45) is 5.10. The Morgan fingerprint density at radius 1 is 0.917 bits per heavy atom. The fourth-order valence-corrected chi connectivity index (χ4v) is 5.57. The number of aromatic carboxylic acids is 1. The van der Waals surface area contributed by atoms with Crippen LogP contribution < -0.4 is 4.74 Å². The molecule has 0 atom stereocenters. The molecule has 1 heterocycles. The Balaban J connectivity index is 1.43. The number of nitrogens with zero attached hydrogens (tertiary/aromatic N) is 2. The third-order valence-electron chi connectivity index (χ3n) is 7.41. The molecule has 246 valence electrons. The van der Waals surface area contributed by atoms with Gasteiger partial charge >= 0.3 is 11.9 Å². The molecule has 0 radical (unpaired) electrons. The van der Waals surface area contributed by atoms with Gasteiger partial charge in [-0.1, -0.05) is 71.7 Å². The van der Waals surface area contributed by atoms with Gasteiger partial charge in [-0.2, -0.15) is 0 Å². The van der Waals surface area contributed by atoms with Crippen molar-refractivity contribution >= 4 is 47.3 Å². The van der Waals surface area contributed by atoms with Crippen LogP contribution in [-0.4, -0.2) is 39.8 Å². The number of hydrogen-bond donors (Lipinski definition) is 1. The molecular formula is C37H30Cl2F2N2O5. The third-order valence-corrected chi connectivity index (χ3v) is 7.95. The maximum atomic E-state index is 14.9. The summed E-state index contributed by atoms with van der Waals surface area (Å²) in [7, 11) is 1.55. The molecule has 48 heavy (non-hydrogen) atoms. The highest BCUT2D eigenvalue weighted by molar-refractivity contribution is 6.36. The van der Waals surface area contributed by atoms with Gasteiger partial charge in [-0.25, -0.2) is 18.6 Å². The van der Waals surface area contributed by atoms with Gasteiger partial charge in [0, 0.05) is 27.9 Å². The number of carboxylic acid groups (broad SMARTS) is 1. The van der Waals surface area contributed by atoms with E-state index in [1.165, 1.54) is 6.07 Å². The molecule has 5 aromatic rings. The van der Waals surface area contributed by atoms with Crippen LogP contribution in [0.3, 0.4) is 0 Å². The predicted octanol–water partition coefficient (Wildman–Crippen LogP) is 9.22. The minimum Gasteiger partial charge on any atom is -0.496 e. The number of ether oxygens (including phenoxy) is 2. The van der Waals surface area contributed by atoms with E-state index in [2.05, 4.69) is 0 Å². The van der Waals surface area contributed by atoms with Crippen molar-refractivity contribution < 1.29 is 33.0 Å². The molecule has 0 aliphatic carbocycles. The van der Waals surface area contributed by atoms with Crippen molar-refractivity contribution in [1.82, 2.24) is 9.55 Å². The van der Waals surface area contributed by atoms with Gasteiger partial charge in [-0.3, -0.25) is 4.79 Å². The summed E-state index contributed by atoms with van der Waals surface area (Å²) in [5.74, 6) is -3.58. The number of hydrogen-bond acceptors (Lipinski definition) is 5. The topological polar surface area (TPSA) is 90.7 Å². The Morgan fingerprint density at radius 2 is 1.62 bits per heavy atom. The Hall–Kier alpha value is -4.99. The number of benzene rings is 4. The van der Waals surface area contributed by atoms with Gasteiger partial charge in [0.25, 0.3) is 0 Å². The van der Waals surface area contributed by atoms with Crippen LogP contribution in [0.25, 0.3) is 34.5 Å². The van der Waals surface area contributed by atoms with E-state index in [0.717, 1.165) is 28.3 Å². The number of esters is 1. The summed E-state index contributed by atoms with van der Waals surface area (Å²) in [4.78, 5) is 28.1. The van der Waals surface area contributed by atoms with Crippen LogP contribution >= 0.6 is 23.2 Å². The maximum absolute atomic E-state index is 14.9. The van der Waals surface area contributed by atoms with Gasteiger partial charge < -0.3 is 19.1 Å². The Bertz CT molecular complexity index is 2020. The van der Waals surface area contributed by atoms with Gasteiger partial charge in [0.15, 0.2) is 11.6 Å². The molecular weight excluding hydrogens is 661 g/mol. The van der Waals surface area contributed by atoms with E-state index < -0.39 is 23.2 Å². The van der Waals surface area contributed by atoms with Crippen LogP contribution in [0.2, 0.25) is 10.0 Å². The number of carbonyl (C=O) groups is 2. The van der Waals surface area contributed by atoms with E-state index in [1.54, 1.807) is 56.0 Å². The van der Waals surface area contributed by atoms with Crippen LogP contribution in [-0.2, 0) is 22.5 Å². The SMILES string of the molecule is COc1cc(-c2ccc(/C=C/c3nc(-c4ccc(Cl)cc4Cl)cn3Cc3ccc(C(=O)O)c(F)c3F)cc2)ccc1CC(=O)OC(C)C. The monoisotopic (exact) mass is 690 g/mol. The lowest BCUT2D eigenvalue weighted by atomic mass is 10.0. The Labute approximate surface area is 286 Å². The second-order valence-corrected chi connectivity index (χ2v) is 12.0. The van der Waals surface area contributed by atoms with Crippen molar-refractivity contribution in [3.05, 3.63) is 129 Å². The average molecular weight is 692 g/mol. The maximum Gasteiger partial charge on any atom is 0.338 e. The highest BCUT2D eigenvalue weighted by atomic mass is 35.5. The fourth-order valence-electron chi connectivity index (χ4n) is 5.06. The molecule has 0 saturated carbocycles. The van der Waals surface area contributed by atoms with Crippen LogP contribution in [0, 0.1) is 11.6 Å². The molecule has 11 heteroatoms. The molecule has 0 bridgehead atoms. The number of rotatable bonds is 11. The molecule has 1 N–H and O–H groups in total. The zero-order valence-electron chi connectivity index (χ0n) is 26.1. The van der Waals surface area contributed by atoms with Crippen LogP contribution in [0.5, 0.6) is 5.75 Å². The first-order chi connectivity index (χ1) is 22.9. The molecule has 0 unspecified atom stereocenters. The summed E-state index contributed by atoms with van der Waals surface area (Å²) < 4.78 is 41.8. The first-order valence-corrected chi connectivity index (χ1v) is 15.6. The number of aromatic nitrogens is 2. The second kappa shape index (κ2) is 14.8. The Morgan fingerprint density at radius 3 is 2.29 bits per heavy atom. The quantitative estimate of drug-likeness (QED) is 0.139. The fraction of sp³-hybridized carbons (Fsp3) is 0.162. The highest BCUT2D eigenvalue weighted by Crippen LogP contribution is 2.32. The zero-order chi connectivity index (χ0) is 34.5. The average Bonchev–Trinajstić information content (AvgIpc) is 3.44. The summed E-state index contributed by atoms with van der Waals surface area (Å²) in [6, 6.07) is 20.6. The van der Waals surface area contributed by atoms with Gasteiger partial charge in [0.1, 0.15) is 11.6 Å². The van der Waals surface area contributed by atoms with Crippen molar-refractivity contribution in [3.63, 3.8) is 0 Å². The third kappa shape index (κ3) is 7.93. The number of methoxy groups -OCH3 is 1. The standard InChI is InChI=1S/C37H30Cl2F2N2O5/c1-21(2)48-34(44)17-25-10-9-24(16-32(25)47-3)23-7-4-22(5-8-23)6-15-33-42-31(28-14-12-27(38)18-30(28)39)20-43(33)19-26-11-13-29(37(45)46)36(41)35(26)40/h4-16,18,20-21H,17,19H2,1-3H3,(H,45,46)/b15-6+. The van der Waals surface area contributed by atoms with E-state index in [4.69, 9.17) is 42.8 Å². The second-order valence-electron chi connectivity index (χ2n) is 11.1. The van der Waals surface area contributed by atoms with Crippen LogP contribution in [0.15, 0.2) is 79.0 Å². The first-order valence-electron chi connectivity index (χ1n) is 14.8. The molecule has 0 aliphatic heterocycles. The molecule has 0 fully saturated rings. The molecule has 0 amide bonds. The molecule has 1 aromatic heterocycles. The van der Waals surface area contributed by atoms with Gasteiger partial charge in [0.2, 0.25) is 0 Å². The lowest BCUT2D eigenvalue weighted by Gasteiger charge is -2.12. The van der Waals surface area contributed by atoms with E-state index in [9.17, 15) is 18.4 Å². The minimum atomic E-state index is -1.56. The lowest BCUT2D eigenvalue weighted by molar-refractivity contribution is -0.146. The van der Waals surface area contributed by atoms with E-state index in [0.29, 0.717) is 32.9 Å². The largest absolute Gasteiger partial charge is 0.496 e. The predicted molar refractivity (Wildman–Crippen MR) is 182 cm³/mol. The van der Waals surface area contributed by atoms with Gasteiger partial charge in [-0.05, 0) is 66.9 Å². The van der Waals surface area contributed by atoms with Crippen molar-refractivity contribution in [2.24, 2.45) is 0 Å². The molecule has 0 spiro atoms. The Kier molecular flexibility index (Phi) is 10.6.